The van der Waals surface area contributed by atoms with Gasteiger partial charge in [-0.05, 0) is 46.0 Å². The third-order valence-corrected chi connectivity index (χ3v) is 6.91. The number of carbonyl (C=O) groups excluding carboxylic acids is 2. The van der Waals surface area contributed by atoms with E-state index in [-0.39, 0.29) is 17.7 Å². The lowest BCUT2D eigenvalue weighted by molar-refractivity contribution is -0.153. The van der Waals surface area contributed by atoms with Gasteiger partial charge >= 0.3 is 0 Å². The molecule has 1 atom stereocenters. The Morgan fingerprint density at radius 1 is 1.25 bits per heavy atom. The van der Waals surface area contributed by atoms with Gasteiger partial charge in [0.05, 0.1) is 37.6 Å². The van der Waals surface area contributed by atoms with E-state index in [0.29, 0.717) is 39.1 Å². The van der Waals surface area contributed by atoms with Crippen molar-refractivity contribution in [3.8, 4) is 0 Å². The molecule has 2 aromatic heterocycles. The predicted octanol–water partition coefficient (Wildman–Crippen LogP) is 1.43. The Bertz CT molecular complexity index is 1010. The maximum atomic E-state index is 12.9. The van der Waals surface area contributed by atoms with Gasteiger partial charge in [0.2, 0.25) is 11.8 Å². The van der Waals surface area contributed by atoms with Crippen LogP contribution in [0.15, 0.2) is 4.52 Å². The van der Waals surface area contributed by atoms with Crippen molar-refractivity contribution >= 4 is 11.8 Å². The quantitative estimate of drug-likeness (QED) is 0.720. The number of nitrogens with one attached hydrogen (secondary N) is 1. The van der Waals surface area contributed by atoms with Crippen molar-refractivity contribution in [3.63, 3.8) is 0 Å². The fourth-order valence-electron chi connectivity index (χ4n) is 4.80. The van der Waals surface area contributed by atoms with E-state index in [1.807, 2.05) is 23.4 Å². The molecule has 32 heavy (non-hydrogen) atoms. The number of aryl methyl sites for hydroxylation is 2. The normalized spacial score (nSPS) is 22.8. The summed E-state index contributed by atoms with van der Waals surface area (Å²) in [5.74, 6) is 1.17. The second kappa shape index (κ2) is 8.31. The number of ether oxygens (including phenoxy) is 1. The number of likely N-dealkylation sites (tertiary alicyclic amines) is 1. The van der Waals surface area contributed by atoms with Gasteiger partial charge in [-0.15, -0.1) is 5.10 Å². The summed E-state index contributed by atoms with van der Waals surface area (Å²) >= 11 is 0. The second-order valence-corrected chi connectivity index (χ2v) is 9.33. The minimum Gasteiger partial charge on any atom is -0.365 e. The molecule has 1 aliphatic carbocycles. The lowest BCUT2D eigenvalue weighted by atomic mass is 9.91. The zero-order valence-corrected chi connectivity index (χ0v) is 18.7. The van der Waals surface area contributed by atoms with Crippen LogP contribution in [0.2, 0.25) is 0 Å². The molecule has 2 aliphatic heterocycles. The van der Waals surface area contributed by atoms with E-state index in [2.05, 4.69) is 20.8 Å². The highest BCUT2D eigenvalue weighted by Crippen LogP contribution is 2.33. The standard InChI is InChI=1S/C22H30N6O4/c1-14-17(15(2)32-25-14)6-7-20(29)27-9-3-8-22(12-27)13-28-19(11-31-22)18(24-26-28)10-23-21(30)16-4-5-16/h16H,3-13H2,1-2H3,(H,23,30). The first-order valence-electron chi connectivity index (χ1n) is 11.5. The van der Waals surface area contributed by atoms with Gasteiger partial charge in [-0.2, -0.15) is 0 Å². The van der Waals surface area contributed by atoms with Gasteiger partial charge in [-0.1, -0.05) is 10.4 Å². The van der Waals surface area contributed by atoms with Crippen LogP contribution in [0.3, 0.4) is 0 Å². The summed E-state index contributed by atoms with van der Waals surface area (Å²) in [7, 11) is 0. The highest BCUT2D eigenvalue weighted by Gasteiger charge is 2.42. The summed E-state index contributed by atoms with van der Waals surface area (Å²) in [4.78, 5) is 26.8. The second-order valence-electron chi connectivity index (χ2n) is 9.33. The molecule has 10 nitrogen and oxygen atoms in total. The first-order chi connectivity index (χ1) is 15.4. The number of fused-ring (bicyclic) bond motifs is 1. The van der Waals surface area contributed by atoms with Crippen LogP contribution in [0.5, 0.6) is 0 Å². The van der Waals surface area contributed by atoms with E-state index in [9.17, 15) is 9.59 Å². The number of amides is 2. The Morgan fingerprint density at radius 2 is 2.09 bits per heavy atom. The highest BCUT2D eigenvalue weighted by molar-refractivity contribution is 5.80. The zero-order valence-electron chi connectivity index (χ0n) is 18.7. The van der Waals surface area contributed by atoms with Crippen LogP contribution in [0.1, 0.15) is 60.5 Å². The van der Waals surface area contributed by atoms with Crippen LogP contribution >= 0.6 is 0 Å². The summed E-state index contributed by atoms with van der Waals surface area (Å²) in [5.41, 5.74) is 3.11. The predicted molar refractivity (Wildman–Crippen MR) is 112 cm³/mol. The van der Waals surface area contributed by atoms with Gasteiger partial charge in [-0.25, -0.2) is 4.68 Å². The topological polar surface area (TPSA) is 115 Å². The molecule has 2 amide bonds. The molecular formula is C22H30N6O4. The molecule has 5 rings (SSSR count). The molecular weight excluding hydrogens is 412 g/mol. The number of nitrogens with zero attached hydrogens (tertiary/aromatic N) is 5. The average Bonchev–Trinajstić information content (AvgIpc) is 3.50. The summed E-state index contributed by atoms with van der Waals surface area (Å²) in [6, 6.07) is 0. The summed E-state index contributed by atoms with van der Waals surface area (Å²) < 4.78 is 13.4. The summed E-state index contributed by atoms with van der Waals surface area (Å²) in [6.07, 6.45) is 4.79. The molecule has 0 bridgehead atoms. The molecule has 1 spiro atoms. The maximum Gasteiger partial charge on any atom is 0.223 e. The molecule has 3 aliphatic rings. The van der Waals surface area contributed by atoms with Crippen LogP contribution in [0, 0.1) is 19.8 Å². The minimum absolute atomic E-state index is 0.0953. The van der Waals surface area contributed by atoms with Crippen LogP contribution in [-0.4, -0.2) is 55.6 Å². The van der Waals surface area contributed by atoms with Crippen LogP contribution in [-0.2, 0) is 40.4 Å². The Balaban J connectivity index is 1.20. The number of carbonyl (C=O) groups is 2. The molecule has 10 heteroatoms. The summed E-state index contributed by atoms with van der Waals surface area (Å²) in [5, 5.41) is 15.5. The third-order valence-electron chi connectivity index (χ3n) is 6.91. The Hall–Kier alpha value is -2.75. The van der Waals surface area contributed by atoms with E-state index in [1.165, 1.54) is 0 Å². The van der Waals surface area contributed by atoms with Gasteiger partial charge in [0.25, 0.3) is 0 Å². The van der Waals surface area contributed by atoms with Crippen molar-refractivity contribution in [1.29, 1.82) is 0 Å². The van der Waals surface area contributed by atoms with Gasteiger partial charge < -0.3 is 19.5 Å². The Labute approximate surface area is 186 Å². The van der Waals surface area contributed by atoms with Gasteiger partial charge in [-0.3, -0.25) is 9.59 Å². The van der Waals surface area contributed by atoms with Crippen molar-refractivity contribution < 1.29 is 18.8 Å². The van der Waals surface area contributed by atoms with E-state index < -0.39 is 5.60 Å². The molecule has 172 valence electrons. The molecule has 1 N–H and O–H groups in total. The van der Waals surface area contributed by atoms with E-state index in [4.69, 9.17) is 9.26 Å². The largest absolute Gasteiger partial charge is 0.365 e. The smallest absolute Gasteiger partial charge is 0.223 e. The minimum atomic E-state index is -0.438. The van der Waals surface area contributed by atoms with Crippen molar-refractivity contribution in [2.24, 2.45) is 5.92 Å². The zero-order chi connectivity index (χ0) is 22.3. The van der Waals surface area contributed by atoms with Gasteiger partial charge in [0.15, 0.2) is 0 Å². The highest BCUT2D eigenvalue weighted by atomic mass is 16.5. The van der Waals surface area contributed by atoms with Gasteiger partial charge in [0, 0.05) is 24.4 Å². The first-order valence-corrected chi connectivity index (χ1v) is 11.5. The van der Waals surface area contributed by atoms with Gasteiger partial charge in [0.1, 0.15) is 17.1 Å². The van der Waals surface area contributed by atoms with Crippen molar-refractivity contribution in [2.75, 3.05) is 13.1 Å². The molecule has 2 fully saturated rings. The number of rotatable bonds is 6. The van der Waals surface area contributed by atoms with Crippen LogP contribution in [0.4, 0.5) is 0 Å². The molecule has 2 aromatic rings. The SMILES string of the molecule is Cc1noc(C)c1CCC(=O)N1CCCC2(C1)Cn1nnc(CNC(=O)C3CC3)c1CO2. The van der Waals surface area contributed by atoms with Crippen molar-refractivity contribution in [3.05, 3.63) is 28.4 Å². The molecule has 0 aromatic carbocycles. The third kappa shape index (κ3) is 4.15. The number of aromatic nitrogens is 4. The lowest BCUT2D eigenvalue weighted by Crippen LogP contribution is -2.55. The number of hydrogen-bond donors (Lipinski definition) is 1. The molecule has 4 heterocycles. The summed E-state index contributed by atoms with van der Waals surface area (Å²) in [6.45, 7) is 6.43. The fourth-order valence-corrected chi connectivity index (χ4v) is 4.80. The number of piperidine rings is 1. The Kier molecular flexibility index (Phi) is 5.48. The monoisotopic (exact) mass is 442 g/mol. The van der Waals surface area contributed by atoms with E-state index >= 15 is 0 Å². The first kappa shape index (κ1) is 21.1. The Morgan fingerprint density at radius 3 is 2.84 bits per heavy atom. The van der Waals surface area contributed by atoms with Crippen LogP contribution in [0.25, 0.3) is 0 Å². The fraction of sp³-hybridized carbons (Fsp3) is 0.682. The van der Waals surface area contributed by atoms with E-state index in [0.717, 1.165) is 60.6 Å². The maximum absolute atomic E-state index is 12.9. The molecule has 1 saturated heterocycles. The van der Waals surface area contributed by atoms with Crippen molar-refractivity contribution in [1.82, 2.24) is 30.4 Å². The number of hydrogen-bond acceptors (Lipinski definition) is 7. The van der Waals surface area contributed by atoms with Crippen LogP contribution < -0.4 is 5.32 Å². The molecule has 1 unspecified atom stereocenters. The van der Waals surface area contributed by atoms with Crippen molar-refractivity contribution in [2.45, 2.75) is 77.7 Å². The lowest BCUT2D eigenvalue weighted by Gasteiger charge is -2.44. The average molecular weight is 443 g/mol. The molecule has 0 radical (unpaired) electrons. The van der Waals surface area contributed by atoms with E-state index in [1.54, 1.807) is 0 Å². The molecule has 1 saturated carbocycles.